The molecule has 0 aliphatic rings. The van der Waals surface area contributed by atoms with E-state index >= 15 is 0 Å². The molecule has 17 heavy (non-hydrogen) atoms. The van der Waals surface area contributed by atoms with Gasteiger partial charge in [0, 0.05) is 4.88 Å². The summed E-state index contributed by atoms with van der Waals surface area (Å²) in [6, 6.07) is 2.05. The predicted molar refractivity (Wildman–Crippen MR) is 74.1 cm³/mol. The number of aryl methyl sites for hydroxylation is 1. The third-order valence-electron chi connectivity index (χ3n) is 2.53. The van der Waals surface area contributed by atoms with E-state index in [0.29, 0.717) is 0 Å². The van der Waals surface area contributed by atoms with Crippen LogP contribution in [0.2, 0.25) is 5.02 Å². The van der Waals surface area contributed by atoms with Crippen LogP contribution in [0.15, 0.2) is 11.4 Å². The number of thiophene rings is 1. The van der Waals surface area contributed by atoms with Gasteiger partial charge in [0.05, 0.1) is 21.6 Å². The summed E-state index contributed by atoms with van der Waals surface area (Å²) >= 11 is 9.31. The van der Waals surface area contributed by atoms with Crippen molar-refractivity contribution in [1.82, 2.24) is 14.9 Å². The molecule has 2 aromatic heterocycles. The zero-order valence-electron chi connectivity index (χ0n) is 9.74. The minimum absolute atomic E-state index is 0.115. The van der Waals surface area contributed by atoms with Crippen molar-refractivity contribution >= 4 is 34.5 Å². The number of halogens is 1. The van der Waals surface area contributed by atoms with Gasteiger partial charge in [-0.2, -0.15) is 0 Å². The van der Waals surface area contributed by atoms with Crippen molar-refractivity contribution in [3.63, 3.8) is 0 Å². The van der Waals surface area contributed by atoms with E-state index in [2.05, 4.69) is 21.8 Å². The maximum atomic E-state index is 6.19. The van der Waals surface area contributed by atoms with E-state index in [4.69, 9.17) is 11.6 Å². The lowest BCUT2D eigenvalue weighted by Crippen LogP contribution is -2.17. The first-order valence-electron chi connectivity index (χ1n) is 5.49. The maximum absolute atomic E-state index is 6.19. The lowest BCUT2D eigenvalue weighted by atomic mass is 10.1. The van der Waals surface area contributed by atoms with Gasteiger partial charge in [0.2, 0.25) is 0 Å². The zero-order valence-corrected chi connectivity index (χ0v) is 12.1. The topological polar surface area (TPSA) is 37.8 Å². The van der Waals surface area contributed by atoms with Gasteiger partial charge in [0.25, 0.3) is 0 Å². The second-order valence-electron chi connectivity index (χ2n) is 3.69. The highest BCUT2D eigenvalue weighted by Crippen LogP contribution is 2.35. The second-order valence-corrected chi connectivity index (χ2v) is 5.83. The molecule has 0 spiro atoms. The SMILES string of the molecule is CCCc1nnsc1C(NC)c1sccc1Cl. The Hall–Kier alpha value is -0.490. The fourth-order valence-corrected chi connectivity index (χ4v) is 3.91. The molecule has 0 bridgehead atoms. The van der Waals surface area contributed by atoms with Crippen molar-refractivity contribution in [2.75, 3.05) is 7.05 Å². The number of nitrogens with zero attached hydrogens (tertiary/aromatic N) is 2. The van der Waals surface area contributed by atoms with Gasteiger partial charge in [-0.15, -0.1) is 16.4 Å². The Balaban J connectivity index is 2.35. The standard InChI is InChI=1S/C11H14ClN3S2/c1-3-4-8-11(17-15-14-8)9(13-2)10-7(12)5-6-16-10/h5-6,9,13H,3-4H2,1-2H3. The van der Waals surface area contributed by atoms with Gasteiger partial charge in [-0.05, 0) is 36.4 Å². The Labute approximate surface area is 114 Å². The van der Waals surface area contributed by atoms with Gasteiger partial charge in [-0.25, -0.2) is 0 Å². The Morgan fingerprint density at radius 2 is 2.29 bits per heavy atom. The monoisotopic (exact) mass is 287 g/mol. The Morgan fingerprint density at radius 1 is 1.47 bits per heavy atom. The third-order valence-corrected chi connectivity index (χ3v) is 4.78. The molecule has 2 rings (SSSR count). The molecular formula is C11H14ClN3S2. The molecule has 0 aliphatic heterocycles. The van der Waals surface area contributed by atoms with Crippen LogP contribution in [-0.2, 0) is 6.42 Å². The average molecular weight is 288 g/mol. The van der Waals surface area contributed by atoms with Crippen molar-refractivity contribution in [3.8, 4) is 0 Å². The quantitative estimate of drug-likeness (QED) is 0.914. The third kappa shape index (κ3) is 2.68. The van der Waals surface area contributed by atoms with E-state index in [1.807, 2.05) is 18.5 Å². The number of aromatic nitrogens is 2. The van der Waals surface area contributed by atoms with Gasteiger partial charge < -0.3 is 5.32 Å². The van der Waals surface area contributed by atoms with Crippen LogP contribution >= 0.6 is 34.5 Å². The number of rotatable bonds is 5. The van der Waals surface area contributed by atoms with Gasteiger partial charge in [-0.1, -0.05) is 29.4 Å². The molecule has 92 valence electrons. The molecule has 0 aromatic carbocycles. The first kappa shape index (κ1) is 13.0. The zero-order chi connectivity index (χ0) is 12.3. The Bertz CT molecular complexity index is 481. The molecule has 0 aliphatic carbocycles. The van der Waals surface area contributed by atoms with E-state index in [-0.39, 0.29) is 6.04 Å². The first-order chi connectivity index (χ1) is 8.27. The predicted octanol–water partition coefficient (Wildman–Crippen LogP) is 3.51. The molecule has 1 N–H and O–H groups in total. The normalized spacial score (nSPS) is 12.9. The molecule has 0 saturated heterocycles. The molecule has 1 unspecified atom stereocenters. The van der Waals surface area contributed by atoms with Crippen molar-refractivity contribution in [3.05, 3.63) is 31.9 Å². The number of nitrogens with one attached hydrogen (secondary N) is 1. The van der Waals surface area contributed by atoms with Crippen molar-refractivity contribution < 1.29 is 0 Å². The van der Waals surface area contributed by atoms with Crippen LogP contribution in [0.25, 0.3) is 0 Å². The van der Waals surface area contributed by atoms with Crippen LogP contribution in [0.3, 0.4) is 0 Å². The fourth-order valence-electron chi connectivity index (χ4n) is 1.74. The van der Waals surface area contributed by atoms with Gasteiger partial charge in [0.1, 0.15) is 0 Å². The van der Waals surface area contributed by atoms with E-state index in [1.54, 1.807) is 11.3 Å². The summed E-state index contributed by atoms with van der Waals surface area (Å²) in [5.74, 6) is 0. The highest BCUT2D eigenvalue weighted by Gasteiger charge is 2.22. The first-order valence-corrected chi connectivity index (χ1v) is 7.52. The van der Waals surface area contributed by atoms with E-state index in [1.165, 1.54) is 16.4 Å². The van der Waals surface area contributed by atoms with Crippen molar-refractivity contribution in [1.29, 1.82) is 0 Å². The highest BCUT2D eigenvalue weighted by molar-refractivity contribution is 7.11. The lowest BCUT2D eigenvalue weighted by molar-refractivity contribution is 0.699. The summed E-state index contributed by atoms with van der Waals surface area (Å²) in [5.41, 5.74) is 1.08. The number of hydrogen-bond donors (Lipinski definition) is 1. The summed E-state index contributed by atoms with van der Waals surface area (Å²) in [6.07, 6.45) is 2.04. The summed E-state index contributed by atoms with van der Waals surface area (Å²) in [6.45, 7) is 2.15. The summed E-state index contributed by atoms with van der Waals surface area (Å²) in [4.78, 5) is 2.32. The van der Waals surface area contributed by atoms with Crippen LogP contribution in [0.5, 0.6) is 0 Å². The van der Waals surface area contributed by atoms with Crippen LogP contribution in [0.1, 0.15) is 34.8 Å². The molecule has 0 radical (unpaired) electrons. The summed E-state index contributed by atoms with van der Waals surface area (Å²) < 4.78 is 4.06. The maximum Gasteiger partial charge on any atom is 0.0812 e. The summed E-state index contributed by atoms with van der Waals surface area (Å²) in [5, 5.41) is 10.3. The second kappa shape index (κ2) is 5.91. The van der Waals surface area contributed by atoms with Crippen LogP contribution in [0.4, 0.5) is 0 Å². The van der Waals surface area contributed by atoms with Gasteiger partial charge >= 0.3 is 0 Å². The minimum atomic E-state index is 0.115. The van der Waals surface area contributed by atoms with Gasteiger partial charge in [-0.3, -0.25) is 0 Å². The highest BCUT2D eigenvalue weighted by atomic mass is 35.5. The van der Waals surface area contributed by atoms with Crippen LogP contribution in [-0.4, -0.2) is 16.6 Å². The number of hydrogen-bond acceptors (Lipinski definition) is 5. The molecule has 6 heteroatoms. The molecule has 2 aromatic rings. The smallest absolute Gasteiger partial charge is 0.0812 e. The molecular weight excluding hydrogens is 274 g/mol. The molecule has 1 atom stereocenters. The van der Waals surface area contributed by atoms with Crippen LogP contribution < -0.4 is 5.32 Å². The molecule has 0 fully saturated rings. The van der Waals surface area contributed by atoms with Crippen molar-refractivity contribution in [2.24, 2.45) is 0 Å². The molecule has 3 nitrogen and oxygen atoms in total. The summed E-state index contributed by atoms with van der Waals surface area (Å²) in [7, 11) is 1.94. The largest absolute Gasteiger partial charge is 0.308 e. The molecule has 0 amide bonds. The molecule has 0 saturated carbocycles. The van der Waals surface area contributed by atoms with E-state index in [0.717, 1.165) is 28.4 Å². The molecule has 2 heterocycles. The Morgan fingerprint density at radius 3 is 2.88 bits per heavy atom. The lowest BCUT2D eigenvalue weighted by Gasteiger charge is -2.14. The fraction of sp³-hybridized carbons (Fsp3) is 0.455. The minimum Gasteiger partial charge on any atom is -0.308 e. The van der Waals surface area contributed by atoms with E-state index < -0.39 is 0 Å². The van der Waals surface area contributed by atoms with Gasteiger partial charge in [0.15, 0.2) is 0 Å². The van der Waals surface area contributed by atoms with Crippen LogP contribution in [0, 0.1) is 0 Å². The van der Waals surface area contributed by atoms with E-state index in [9.17, 15) is 0 Å². The Kier molecular flexibility index (Phi) is 4.50. The average Bonchev–Trinajstić information content (AvgIpc) is 2.92. The van der Waals surface area contributed by atoms with Crippen molar-refractivity contribution in [2.45, 2.75) is 25.8 Å².